The van der Waals surface area contributed by atoms with Crippen LogP contribution in [0.25, 0.3) is 76.2 Å². The molecule has 0 radical (unpaired) electrons. The summed E-state index contributed by atoms with van der Waals surface area (Å²) in [6.45, 7) is 6.76. The van der Waals surface area contributed by atoms with Crippen molar-refractivity contribution < 1.29 is 15.1 Å². The Bertz CT molecular complexity index is 2950. The van der Waals surface area contributed by atoms with E-state index in [1.807, 2.05) is 54.6 Å². The number of fused-ring (bicyclic) bond motifs is 4. The molecule has 0 aliphatic carbocycles. The molecule has 216 valence electrons. The van der Waals surface area contributed by atoms with E-state index in [0.29, 0.717) is 22.8 Å². The topological polar surface area (TPSA) is 38.7 Å². The van der Waals surface area contributed by atoms with Crippen molar-refractivity contribution in [2.75, 3.05) is 0 Å². The Balaban J connectivity index is 1.46. The third-order valence-electron chi connectivity index (χ3n) is 7.72. The van der Waals surface area contributed by atoms with Crippen LogP contribution in [0, 0.1) is 0 Å². The first-order chi connectivity index (χ1) is 26.5. The van der Waals surface area contributed by atoms with Crippen molar-refractivity contribution >= 4 is 55.5 Å². The molecule has 0 bridgehead atoms. The number of nitrogens with zero attached hydrogens (tertiary/aromatic N) is 3. The fourth-order valence-corrected chi connectivity index (χ4v) is 7.59. The summed E-state index contributed by atoms with van der Waals surface area (Å²) in [7, 11) is -1.64. The Kier molecular flexibility index (Phi) is 4.38. The molecule has 0 saturated heterocycles. The monoisotopic (exact) mass is 624 g/mol. The van der Waals surface area contributed by atoms with E-state index in [2.05, 4.69) is 31.8 Å². The molecule has 45 heavy (non-hydrogen) atoms. The van der Waals surface area contributed by atoms with Gasteiger partial charge < -0.3 is 0 Å². The molecule has 8 rings (SSSR count). The predicted molar refractivity (Wildman–Crippen MR) is 195 cm³/mol. The normalized spacial score (nSPS) is 15.3. The van der Waals surface area contributed by atoms with Gasteiger partial charge in [-0.25, -0.2) is 15.0 Å². The van der Waals surface area contributed by atoms with Crippen LogP contribution >= 0.6 is 11.3 Å². The van der Waals surface area contributed by atoms with Crippen LogP contribution in [0.3, 0.4) is 0 Å². The fraction of sp³-hybridized carbons (Fsp3) is 0.0750. The Morgan fingerprint density at radius 2 is 1.29 bits per heavy atom. The van der Waals surface area contributed by atoms with Gasteiger partial charge in [0.1, 0.15) is 0 Å². The molecule has 0 spiro atoms. The van der Waals surface area contributed by atoms with Crippen LogP contribution in [0.2, 0.25) is 19.6 Å². The van der Waals surface area contributed by atoms with Crippen molar-refractivity contribution in [3.63, 3.8) is 0 Å². The van der Waals surface area contributed by atoms with E-state index in [-0.39, 0.29) is 54.8 Å². The molecule has 0 unspecified atom stereocenters. The summed E-state index contributed by atoms with van der Waals surface area (Å²) in [5, 5.41) is 3.08. The van der Waals surface area contributed by atoms with E-state index >= 15 is 0 Å². The van der Waals surface area contributed by atoms with Crippen LogP contribution in [-0.2, 0) is 0 Å². The number of hydrogen-bond donors (Lipinski definition) is 0. The largest absolute Gasteiger partial charge is 0.208 e. The van der Waals surface area contributed by atoms with Gasteiger partial charge in [0.25, 0.3) is 0 Å². The first kappa shape index (κ1) is 18.1. The smallest absolute Gasteiger partial charge is 0.164 e. The summed E-state index contributed by atoms with van der Waals surface area (Å²) in [5.41, 5.74) is 0.740. The number of hydrogen-bond acceptors (Lipinski definition) is 4. The highest BCUT2D eigenvalue weighted by molar-refractivity contribution is 7.26. The second-order valence-electron chi connectivity index (χ2n) is 11.7. The minimum atomic E-state index is -1.64. The van der Waals surface area contributed by atoms with Crippen molar-refractivity contribution in [3.05, 3.63) is 133 Å². The molecular weight excluding hydrogens is 583 g/mol. The first-order valence-corrected chi connectivity index (χ1v) is 18.7. The van der Waals surface area contributed by atoms with Crippen LogP contribution in [-0.4, -0.2) is 23.0 Å². The molecule has 2 aromatic heterocycles. The van der Waals surface area contributed by atoms with Crippen molar-refractivity contribution in [3.8, 4) is 45.3 Å². The van der Waals surface area contributed by atoms with E-state index in [0.717, 1.165) is 22.1 Å². The molecule has 0 amide bonds. The lowest BCUT2D eigenvalue weighted by Crippen LogP contribution is -2.37. The molecule has 0 aliphatic rings. The van der Waals surface area contributed by atoms with Crippen molar-refractivity contribution in [1.29, 1.82) is 0 Å². The number of benzene rings is 6. The second-order valence-corrected chi connectivity index (χ2v) is 17.8. The summed E-state index contributed by atoms with van der Waals surface area (Å²) in [5.74, 6) is 0.582. The van der Waals surface area contributed by atoms with Crippen LogP contribution in [0.4, 0.5) is 0 Å². The Hall–Kier alpha value is -4.97. The second kappa shape index (κ2) is 10.9. The van der Waals surface area contributed by atoms with E-state index in [9.17, 15) is 4.11 Å². The zero-order chi connectivity index (χ0) is 40.1. The van der Waals surface area contributed by atoms with Crippen molar-refractivity contribution in [1.82, 2.24) is 15.0 Å². The molecule has 6 aromatic carbocycles. The first-order valence-electron chi connectivity index (χ1n) is 19.9. The Morgan fingerprint density at radius 1 is 0.556 bits per heavy atom. The van der Waals surface area contributed by atoms with E-state index in [4.69, 9.17) is 25.9 Å². The fourth-order valence-electron chi connectivity index (χ4n) is 5.40. The maximum absolute atomic E-state index is 9.56. The van der Waals surface area contributed by atoms with Crippen LogP contribution in [0.5, 0.6) is 0 Å². The lowest BCUT2D eigenvalue weighted by molar-refractivity contribution is 1.08. The highest BCUT2D eigenvalue weighted by atomic mass is 32.1. The van der Waals surface area contributed by atoms with E-state index in [1.54, 1.807) is 0 Å². The summed E-state index contributed by atoms with van der Waals surface area (Å²) in [6.07, 6.45) is 0. The van der Waals surface area contributed by atoms with Gasteiger partial charge in [0.05, 0.1) is 23.2 Å². The summed E-state index contributed by atoms with van der Waals surface area (Å²) < 4.78 is 97.0. The van der Waals surface area contributed by atoms with Gasteiger partial charge in [0.2, 0.25) is 0 Å². The minimum Gasteiger partial charge on any atom is -0.208 e. The van der Waals surface area contributed by atoms with Crippen molar-refractivity contribution in [2.24, 2.45) is 0 Å². The Labute approximate surface area is 283 Å². The molecule has 3 nitrogen and oxygen atoms in total. The van der Waals surface area contributed by atoms with Crippen LogP contribution in [0.15, 0.2) is 133 Å². The molecule has 0 fully saturated rings. The zero-order valence-electron chi connectivity index (χ0n) is 35.6. The van der Waals surface area contributed by atoms with Gasteiger partial charge in [-0.15, -0.1) is 11.3 Å². The minimum absolute atomic E-state index is 0.00180. The third kappa shape index (κ3) is 5.04. The maximum Gasteiger partial charge on any atom is 0.164 e. The van der Waals surface area contributed by atoms with Gasteiger partial charge in [-0.05, 0) is 34.0 Å². The molecule has 0 aliphatic heterocycles. The van der Waals surface area contributed by atoms with Gasteiger partial charge in [-0.3, -0.25) is 0 Å². The molecule has 0 N–H and O–H groups in total. The van der Waals surface area contributed by atoms with E-state index in [1.165, 1.54) is 5.19 Å². The van der Waals surface area contributed by atoms with Gasteiger partial charge in [-0.2, -0.15) is 0 Å². The SMILES string of the molecule is [2H]c1c([2H])c([2H])c(-c2c([2H])c([2H])c([2H])c3sc4c([2H])c(-c5nc(-c6ccc([Si](C)(C)C)cc6)nc(-c6cccc7ccccc67)n5)c([2H])c([2H])c4c23)c([2H])c1[2H]. The van der Waals surface area contributed by atoms with E-state index < -0.39 is 62.5 Å². The van der Waals surface area contributed by atoms with Gasteiger partial charge in [0, 0.05) is 36.9 Å². The number of rotatable bonds is 5. The summed E-state index contributed by atoms with van der Waals surface area (Å²) in [6, 6.07) is 15.9. The number of aromatic nitrogens is 3. The van der Waals surface area contributed by atoms with Gasteiger partial charge >= 0.3 is 0 Å². The number of thiophene rings is 1. The highest BCUT2D eigenvalue weighted by Crippen LogP contribution is 2.41. The van der Waals surface area contributed by atoms with Crippen LogP contribution < -0.4 is 5.19 Å². The van der Waals surface area contributed by atoms with Crippen LogP contribution in [0.1, 0.15) is 15.1 Å². The van der Waals surface area contributed by atoms with Gasteiger partial charge in [-0.1, -0.05) is 146 Å². The molecule has 0 saturated carbocycles. The molecule has 5 heteroatoms. The average molecular weight is 625 g/mol. The molecule has 8 aromatic rings. The lowest BCUT2D eigenvalue weighted by atomic mass is 9.99. The summed E-state index contributed by atoms with van der Waals surface area (Å²) in [4.78, 5) is 14.6. The standard InChI is InChI=1S/C40H31N3SSi/c1-45(2,3)30-22-19-28(20-23-30)38-41-39(43-40(42-38)33-17-9-14-26-13-7-8-15-31(26)33)29-21-24-34-36(25-29)44-35-18-10-16-32(37(34)35)27-11-5-4-6-12-27/h4-25H,1-3H3/i4D,5D,6D,10D,11D,12D,16D,18D,21D,24D,25D. The van der Waals surface area contributed by atoms with Gasteiger partial charge in [0.15, 0.2) is 17.5 Å². The average Bonchev–Trinajstić information content (AvgIpc) is 3.59. The predicted octanol–water partition coefficient (Wildman–Crippen LogP) is 10.6. The summed E-state index contributed by atoms with van der Waals surface area (Å²) >= 11 is 0.906. The highest BCUT2D eigenvalue weighted by Gasteiger charge is 2.19. The quantitative estimate of drug-likeness (QED) is 0.179. The maximum atomic E-state index is 9.56. The zero-order valence-corrected chi connectivity index (χ0v) is 26.4. The van der Waals surface area contributed by atoms with Crippen molar-refractivity contribution in [2.45, 2.75) is 19.6 Å². The Morgan fingerprint density at radius 3 is 2.09 bits per heavy atom. The molecule has 2 heterocycles. The third-order valence-corrected chi connectivity index (χ3v) is 10.8. The molecular formula is C40H31N3SSi. The molecule has 0 atom stereocenters. The lowest BCUT2D eigenvalue weighted by Gasteiger charge is -2.16.